The molecule has 0 bridgehead atoms. The second-order valence-corrected chi connectivity index (χ2v) is 15.3. The lowest BCUT2D eigenvalue weighted by atomic mass is 9.92. The summed E-state index contributed by atoms with van der Waals surface area (Å²) in [5.41, 5.74) is 17.0. The molecule has 0 fully saturated rings. The Morgan fingerprint density at radius 3 is 1.35 bits per heavy atom. The highest BCUT2D eigenvalue weighted by Crippen LogP contribution is 2.44. The number of hydrogen-bond acceptors (Lipinski definition) is 2. The van der Waals surface area contributed by atoms with E-state index in [9.17, 15) is 0 Å². The van der Waals surface area contributed by atoms with E-state index >= 15 is 0 Å². The zero-order chi connectivity index (χ0) is 39.8. The molecule has 0 atom stereocenters. The highest BCUT2D eigenvalue weighted by atomic mass is 16.3. The average Bonchev–Trinajstić information content (AvgIpc) is 3.72. The van der Waals surface area contributed by atoms with Gasteiger partial charge in [0.15, 0.2) is 0 Å². The van der Waals surface area contributed by atoms with Gasteiger partial charge >= 0.3 is 0 Å². The highest BCUT2D eigenvalue weighted by Gasteiger charge is 2.19. The molecule has 2 nitrogen and oxygen atoms in total. The first-order chi connectivity index (χ1) is 29.7. The molecule has 2 heteroatoms. The molecule has 0 aliphatic carbocycles. The number of rotatable bonds is 8. The molecule has 282 valence electrons. The number of furan rings is 1. The van der Waals surface area contributed by atoms with Gasteiger partial charge in [-0.3, -0.25) is 0 Å². The molecule has 11 aromatic rings. The van der Waals surface area contributed by atoms with Crippen molar-refractivity contribution in [3.63, 3.8) is 0 Å². The van der Waals surface area contributed by atoms with Crippen LogP contribution in [0.1, 0.15) is 0 Å². The van der Waals surface area contributed by atoms with Crippen LogP contribution >= 0.6 is 0 Å². The van der Waals surface area contributed by atoms with Gasteiger partial charge in [0.2, 0.25) is 0 Å². The Balaban J connectivity index is 0.973. The molecule has 0 N–H and O–H groups in total. The van der Waals surface area contributed by atoms with Crippen molar-refractivity contribution in [3.05, 3.63) is 237 Å². The first-order valence-electron chi connectivity index (χ1n) is 20.5. The molecule has 0 radical (unpaired) electrons. The predicted molar refractivity (Wildman–Crippen MR) is 253 cm³/mol. The van der Waals surface area contributed by atoms with Gasteiger partial charge in [-0.25, -0.2) is 0 Å². The van der Waals surface area contributed by atoms with E-state index in [4.69, 9.17) is 4.42 Å². The maximum atomic E-state index is 6.75. The Morgan fingerprint density at radius 1 is 0.267 bits per heavy atom. The molecule has 0 unspecified atom stereocenters. The fourth-order valence-electron chi connectivity index (χ4n) is 8.73. The molecule has 10 aromatic carbocycles. The van der Waals surface area contributed by atoms with E-state index in [2.05, 4.69) is 241 Å². The lowest BCUT2D eigenvalue weighted by Gasteiger charge is -2.26. The summed E-state index contributed by atoms with van der Waals surface area (Å²) in [6.45, 7) is 0. The quantitative estimate of drug-likeness (QED) is 0.153. The van der Waals surface area contributed by atoms with Gasteiger partial charge in [-0.2, -0.15) is 0 Å². The van der Waals surface area contributed by atoms with Crippen molar-refractivity contribution in [2.75, 3.05) is 4.90 Å². The minimum absolute atomic E-state index is 0.882. The third-order valence-electron chi connectivity index (χ3n) is 11.7. The third kappa shape index (κ3) is 6.41. The molecular weight excluding hydrogens is 727 g/mol. The van der Waals surface area contributed by atoms with Gasteiger partial charge in [-0.15, -0.1) is 0 Å². The molecule has 0 aliphatic heterocycles. The zero-order valence-electron chi connectivity index (χ0n) is 32.9. The van der Waals surface area contributed by atoms with Gasteiger partial charge in [-0.05, 0) is 116 Å². The summed E-state index contributed by atoms with van der Waals surface area (Å²) in [6, 6.07) is 84.6. The van der Waals surface area contributed by atoms with Gasteiger partial charge in [-0.1, -0.05) is 182 Å². The summed E-state index contributed by atoms with van der Waals surface area (Å²) in [7, 11) is 0. The van der Waals surface area contributed by atoms with Crippen LogP contribution in [0.5, 0.6) is 0 Å². The molecule has 0 spiro atoms. The number of fused-ring (bicyclic) bond motifs is 5. The van der Waals surface area contributed by atoms with Crippen LogP contribution in [-0.2, 0) is 0 Å². The smallest absolute Gasteiger partial charge is 0.143 e. The highest BCUT2D eigenvalue weighted by molar-refractivity contribution is 6.22. The van der Waals surface area contributed by atoms with Crippen LogP contribution in [0.2, 0.25) is 0 Å². The number of para-hydroxylation sites is 1. The second-order valence-electron chi connectivity index (χ2n) is 15.3. The molecule has 0 saturated heterocycles. The summed E-state index contributed by atoms with van der Waals surface area (Å²) < 4.78 is 6.75. The Morgan fingerprint density at radius 2 is 0.717 bits per heavy atom. The van der Waals surface area contributed by atoms with Crippen LogP contribution in [-0.4, -0.2) is 0 Å². The molecule has 0 saturated carbocycles. The topological polar surface area (TPSA) is 16.4 Å². The SMILES string of the molecule is c1ccc(-c2ccc(-c3ccc(N(c4ccccc4)c4ccc(-c5cccc6oc7c8ccccc8c(-c8cccc(-c9ccccc9)c8)cc7c56)cc4)cc3)cc2)cc1. The van der Waals surface area contributed by atoms with Crippen LogP contribution in [0, 0.1) is 0 Å². The molecule has 0 amide bonds. The summed E-state index contributed by atoms with van der Waals surface area (Å²) in [5.74, 6) is 0. The normalized spacial score (nSPS) is 11.3. The molecule has 1 aromatic heterocycles. The summed E-state index contributed by atoms with van der Waals surface area (Å²) in [6.07, 6.45) is 0. The molecule has 1 heterocycles. The Kier molecular flexibility index (Phi) is 8.87. The zero-order valence-corrected chi connectivity index (χ0v) is 32.9. The Hall–Kier alpha value is -7.94. The van der Waals surface area contributed by atoms with E-state index in [1.807, 2.05) is 0 Å². The monoisotopic (exact) mass is 765 g/mol. The minimum atomic E-state index is 0.882. The van der Waals surface area contributed by atoms with Crippen LogP contribution in [0.4, 0.5) is 17.1 Å². The largest absolute Gasteiger partial charge is 0.455 e. The second kappa shape index (κ2) is 15.1. The van der Waals surface area contributed by atoms with E-state index < -0.39 is 0 Å². The van der Waals surface area contributed by atoms with Crippen molar-refractivity contribution in [1.29, 1.82) is 0 Å². The van der Waals surface area contributed by atoms with E-state index in [1.165, 1.54) is 49.9 Å². The van der Waals surface area contributed by atoms with E-state index in [1.54, 1.807) is 0 Å². The maximum Gasteiger partial charge on any atom is 0.143 e. The number of nitrogens with zero attached hydrogens (tertiary/aromatic N) is 1. The first-order valence-corrected chi connectivity index (χ1v) is 20.5. The maximum absolute atomic E-state index is 6.75. The fraction of sp³-hybridized carbons (Fsp3) is 0. The Labute approximate surface area is 349 Å². The number of hydrogen-bond donors (Lipinski definition) is 0. The molecule has 60 heavy (non-hydrogen) atoms. The molecule has 11 rings (SSSR count). The van der Waals surface area contributed by atoms with Crippen LogP contribution < -0.4 is 4.90 Å². The lowest BCUT2D eigenvalue weighted by molar-refractivity contribution is 0.673. The fourth-order valence-corrected chi connectivity index (χ4v) is 8.73. The van der Waals surface area contributed by atoms with Gasteiger partial charge in [0.1, 0.15) is 11.2 Å². The van der Waals surface area contributed by atoms with Gasteiger partial charge in [0.05, 0.1) is 0 Å². The van der Waals surface area contributed by atoms with Crippen molar-refractivity contribution in [3.8, 4) is 55.6 Å². The van der Waals surface area contributed by atoms with Crippen molar-refractivity contribution < 1.29 is 4.42 Å². The summed E-state index contributed by atoms with van der Waals surface area (Å²) in [5, 5.41) is 4.53. The molecule has 0 aliphatic rings. The van der Waals surface area contributed by atoms with E-state index in [0.717, 1.165) is 55.5 Å². The third-order valence-corrected chi connectivity index (χ3v) is 11.7. The van der Waals surface area contributed by atoms with E-state index in [-0.39, 0.29) is 0 Å². The first kappa shape index (κ1) is 35.2. The van der Waals surface area contributed by atoms with Crippen LogP contribution in [0.3, 0.4) is 0 Å². The van der Waals surface area contributed by atoms with Crippen LogP contribution in [0.15, 0.2) is 241 Å². The van der Waals surface area contributed by atoms with Gasteiger partial charge in [0.25, 0.3) is 0 Å². The standard InChI is InChI=1S/C58H39NO/c1-4-14-40(15-5-1)42-26-28-43(29-27-42)44-30-34-49(35-31-44)59(48-20-8-3-9-21-48)50-36-32-45(33-37-50)51-24-13-25-56-57(51)55-39-54(52-22-10-11-23-53(52)58(55)60-56)47-19-12-18-46(38-47)41-16-6-2-7-17-41/h1-39H. The number of anilines is 3. The van der Waals surface area contributed by atoms with Crippen molar-refractivity contribution in [1.82, 2.24) is 0 Å². The predicted octanol–water partition coefficient (Wildman–Crippen LogP) is 16.5. The van der Waals surface area contributed by atoms with Gasteiger partial charge in [0, 0.05) is 33.2 Å². The lowest BCUT2D eigenvalue weighted by Crippen LogP contribution is -2.09. The van der Waals surface area contributed by atoms with Crippen LogP contribution in [0.25, 0.3) is 88.3 Å². The average molecular weight is 766 g/mol. The van der Waals surface area contributed by atoms with Crippen molar-refractivity contribution in [2.45, 2.75) is 0 Å². The Bertz CT molecular complexity index is 3260. The van der Waals surface area contributed by atoms with Crippen molar-refractivity contribution in [2.24, 2.45) is 0 Å². The van der Waals surface area contributed by atoms with E-state index in [0.29, 0.717) is 0 Å². The van der Waals surface area contributed by atoms with Gasteiger partial charge < -0.3 is 9.32 Å². The summed E-state index contributed by atoms with van der Waals surface area (Å²) in [4.78, 5) is 2.32. The molecular formula is C58H39NO. The minimum Gasteiger partial charge on any atom is -0.455 e. The van der Waals surface area contributed by atoms with Crippen molar-refractivity contribution >= 4 is 49.8 Å². The summed E-state index contributed by atoms with van der Waals surface area (Å²) >= 11 is 0. The number of benzene rings is 10.